The molecule has 0 amide bonds. The molecule has 0 aromatic heterocycles. The zero-order chi connectivity index (χ0) is 13.1. The minimum atomic E-state index is 0.144. The van der Waals surface area contributed by atoms with Gasteiger partial charge in [0.1, 0.15) is 16.2 Å². The summed E-state index contributed by atoms with van der Waals surface area (Å²) in [5.41, 5.74) is 5.48. The van der Waals surface area contributed by atoms with Crippen molar-refractivity contribution < 1.29 is 4.74 Å². The van der Waals surface area contributed by atoms with E-state index < -0.39 is 0 Å². The van der Waals surface area contributed by atoms with E-state index in [0.29, 0.717) is 0 Å². The second-order valence-corrected chi connectivity index (χ2v) is 5.28. The van der Waals surface area contributed by atoms with Crippen molar-refractivity contribution in [3.05, 3.63) is 65.7 Å². The lowest BCUT2D eigenvalue weighted by Gasteiger charge is -2.10. The molecule has 0 radical (unpaired) electrons. The highest BCUT2D eigenvalue weighted by Crippen LogP contribution is 2.35. The third kappa shape index (κ3) is 2.58. The second kappa shape index (κ2) is 5.36. The number of ether oxygens (including phenoxy) is 1. The van der Waals surface area contributed by atoms with Crippen molar-refractivity contribution in [1.29, 1.82) is 0 Å². The Labute approximate surface area is 116 Å². The van der Waals surface area contributed by atoms with Crippen LogP contribution in [0.1, 0.15) is 16.5 Å². The number of rotatable bonds is 3. The molecule has 2 aromatic rings. The minimum absolute atomic E-state index is 0.144. The molecule has 19 heavy (non-hydrogen) atoms. The lowest BCUT2D eigenvalue weighted by atomic mass is 10.2. The standard InChI is InChI=1S/C15H14N2OS/c1-18-13-9-5-8-12(10-13)15-17-16-14(19-15)11-6-3-2-4-7-11/h2-10,15,17H,1H3/t15-/m1/s1. The van der Waals surface area contributed by atoms with Gasteiger partial charge in [-0.05, 0) is 17.7 Å². The van der Waals surface area contributed by atoms with Gasteiger partial charge in [0.2, 0.25) is 0 Å². The summed E-state index contributed by atoms with van der Waals surface area (Å²) < 4.78 is 5.25. The van der Waals surface area contributed by atoms with E-state index in [1.165, 1.54) is 5.56 Å². The monoisotopic (exact) mass is 270 g/mol. The molecule has 3 nitrogen and oxygen atoms in total. The van der Waals surface area contributed by atoms with Gasteiger partial charge < -0.3 is 4.74 Å². The molecule has 3 rings (SSSR count). The average molecular weight is 270 g/mol. The number of benzene rings is 2. The van der Waals surface area contributed by atoms with E-state index in [4.69, 9.17) is 4.74 Å². The van der Waals surface area contributed by atoms with E-state index in [1.807, 2.05) is 36.4 Å². The molecule has 2 aromatic carbocycles. The van der Waals surface area contributed by atoms with Gasteiger partial charge in [-0.2, -0.15) is 5.10 Å². The summed E-state index contributed by atoms with van der Waals surface area (Å²) in [4.78, 5) is 0. The first-order valence-electron chi connectivity index (χ1n) is 6.06. The van der Waals surface area contributed by atoms with Gasteiger partial charge in [0, 0.05) is 5.56 Å². The molecule has 1 aliphatic heterocycles. The van der Waals surface area contributed by atoms with Crippen molar-refractivity contribution in [3.8, 4) is 5.75 Å². The van der Waals surface area contributed by atoms with Gasteiger partial charge in [-0.25, -0.2) is 0 Å². The molecule has 1 aliphatic rings. The van der Waals surface area contributed by atoms with Crippen LogP contribution in [0.25, 0.3) is 0 Å². The molecule has 0 saturated carbocycles. The van der Waals surface area contributed by atoms with Crippen molar-refractivity contribution in [2.45, 2.75) is 5.37 Å². The third-order valence-corrected chi connectivity index (χ3v) is 4.09. The van der Waals surface area contributed by atoms with Crippen molar-refractivity contribution in [1.82, 2.24) is 5.43 Å². The molecule has 0 fully saturated rings. The van der Waals surface area contributed by atoms with E-state index in [2.05, 4.69) is 28.7 Å². The zero-order valence-corrected chi connectivity index (χ0v) is 11.4. The zero-order valence-electron chi connectivity index (χ0n) is 10.5. The molecule has 1 N–H and O–H groups in total. The molecule has 96 valence electrons. The maximum absolute atomic E-state index is 5.25. The van der Waals surface area contributed by atoms with Gasteiger partial charge in [-0.3, -0.25) is 5.43 Å². The Morgan fingerprint density at radius 1 is 1.11 bits per heavy atom. The quantitative estimate of drug-likeness (QED) is 0.928. The normalized spacial score (nSPS) is 17.7. The number of hydrogen-bond acceptors (Lipinski definition) is 4. The summed E-state index contributed by atoms with van der Waals surface area (Å²) in [5, 5.41) is 5.57. The number of nitrogens with one attached hydrogen (secondary N) is 1. The van der Waals surface area contributed by atoms with Crippen molar-refractivity contribution in [3.63, 3.8) is 0 Å². The summed E-state index contributed by atoms with van der Waals surface area (Å²) in [7, 11) is 1.68. The van der Waals surface area contributed by atoms with Crippen LogP contribution in [0.4, 0.5) is 0 Å². The first-order chi connectivity index (χ1) is 9.36. The SMILES string of the molecule is COc1cccc([C@@H]2NN=C(c3ccccc3)S2)c1. The molecule has 0 spiro atoms. The van der Waals surface area contributed by atoms with Crippen molar-refractivity contribution in [2.24, 2.45) is 5.10 Å². The third-order valence-electron chi connectivity index (χ3n) is 2.93. The highest BCUT2D eigenvalue weighted by molar-refractivity contribution is 8.14. The molecule has 0 unspecified atom stereocenters. The topological polar surface area (TPSA) is 33.6 Å². The van der Waals surface area contributed by atoms with Crippen LogP contribution in [-0.2, 0) is 0 Å². The highest BCUT2D eigenvalue weighted by Gasteiger charge is 2.22. The van der Waals surface area contributed by atoms with E-state index in [1.54, 1.807) is 18.9 Å². The predicted octanol–water partition coefficient (Wildman–Crippen LogP) is 3.39. The summed E-state index contributed by atoms with van der Waals surface area (Å²) in [5.74, 6) is 0.869. The summed E-state index contributed by atoms with van der Waals surface area (Å²) in [6, 6.07) is 18.3. The Hall–Kier alpha value is -1.94. The van der Waals surface area contributed by atoms with Gasteiger partial charge in [0.25, 0.3) is 0 Å². The molecule has 0 saturated heterocycles. The van der Waals surface area contributed by atoms with E-state index >= 15 is 0 Å². The maximum Gasteiger partial charge on any atom is 0.126 e. The number of nitrogens with zero attached hydrogens (tertiary/aromatic N) is 1. The number of hydrazone groups is 1. The number of thioether (sulfide) groups is 1. The Morgan fingerprint density at radius 2 is 1.95 bits per heavy atom. The van der Waals surface area contributed by atoms with Crippen LogP contribution in [0.2, 0.25) is 0 Å². The first kappa shape index (κ1) is 12.1. The Kier molecular flexibility index (Phi) is 3.42. The first-order valence-corrected chi connectivity index (χ1v) is 6.94. The van der Waals surface area contributed by atoms with Crippen LogP contribution in [0, 0.1) is 0 Å². The smallest absolute Gasteiger partial charge is 0.126 e. The fourth-order valence-corrected chi connectivity index (χ4v) is 2.93. The van der Waals surface area contributed by atoms with Gasteiger partial charge in [-0.15, -0.1) is 0 Å². The van der Waals surface area contributed by atoms with Gasteiger partial charge in [-0.1, -0.05) is 54.2 Å². The Morgan fingerprint density at radius 3 is 2.74 bits per heavy atom. The van der Waals surface area contributed by atoms with Gasteiger partial charge >= 0.3 is 0 Å². The average Bonchev–Trinajstić information content (AvgIpc) is 2.98. The Bertz CT molecular complexity index is 598. The molecule has 0 bridgehead atoms. The van der Waals surface area contributed by atoms with Gasteiger partial charge in [0.05, 0.1) is 7.11 Å². The molecule has 1 atom stereocenters. The second-order valence-electron chi connectivity index (χ2n) is 4.19. The molecular formula is C15H14N2OS. The minimum Gasteiger partial charge on any atom is -0.497 e. The van der Waals surface area contributed by atoms with E-state index in [-0.39, 0.29) is 5.37 Å². The van der Waals surface area contributed by atoms with Crippen LogP contribution >= 0.6 is 11.8 Å². The van der Waals surface area contributed by atoms with Crippen molar-refractivity contribution >= 4 is 16.8 Å². The highest BCUT2D eigenvalue weighted by atomic mass is 32.2. The fraction of sp³-hybridized carbons (Fsp3) is 0.133. The summed E-state index contributed by atoms with van der Waals surface area (Å²) >= 11 is 1.72. The lowest BCUT2D eigenvalue weighted by Crippen LogP contribution is -2.06. The van der Waals surface area contributed by atoms with Crippen LogP contribution in [0.15, 0.2) is 59.7 Å². The summed E-state index contributed by atoms with van der Waals surface area (Å²) in [6.45, 7) is 0. The molecule has 0 aliphatic carbocycles. The molecule has 1 heterocycles. The van der Waals surface area contributed by atoms with Gasteiger partial charge in [0.15, 0.2) is 0 Å². The van der Waals surface area contributed by atoms with E-state index in [9.17, 15) is 0 Å². The number of methoxy groups -OCH3 is 1. The predicted molar refractivity (Wildman–Crippen MR) is 79.4 cm³/mol. The van der Waals surface area contributed by atoms with E-state index in [0.717, 1.165) is 16.4 Å². The molecular weight excluding hydrogens is 256 g/mol. The van der Waals surface area contributed by atoms with Crippen LogP contribution < -0.4 is 10.2 Å². The van der Waals surface area contributed by atoms with Crippen LogP contribution in [-0.4, -0.2) is 12.2 Å². The number of hydrogen-bond donors (Lipinski definition) is 1. The van der Waals surface area contributed by atoms with Crippen LogP contribution in [0.5, 0.6) is 5.75 Å². The lowest BCUT2D eigenvalue weighted by molar-refractivity contribution is 0.414. The molecule has 4 heteroatoms. The maximum atomic E-state index is 5.25. The van der Waals surface area contributed by atoms with Crippen LogP contribution in [0.3, 0.4) is 0 Å². The fourth-order valence-electron chi connectivity index (χ4n) is 1.94. The van der Waals surface area contributed by atoms with Crippen molar-refractivity contribution in [2.75, 3.05) is 7.11 Å². The summed E-state index contributed by atoms with van der Waals surface area (Å²) in [6.07, 6.45) is 0. The largest absolute Gasteiger partial charge is 0.497 e. The Balaban J connectivity index is 1.77.